The molecule has 0 unspecified atom stereocenters. The van der Waals surface area contributed by atoms with Gasteiger partial charge in [-0.2, -0.15) is 0 Å². The van der Waals surface area contributed by atoms with Crippen molar-refractivity contribution in [2.45, 2.75) is 0 Å². The Morgan fingerprint density at radius 1 is 0.952 bits per heavy atom. The van der Waals surface area contributed by atoms with E-state index >= 15 is 0 Å². The molecule has 0 N–H and O–H groups in total. The molecule has 6 heteroatoms. The van der Waals surface area contributed by atoms with E-state index in [1.807, 2.05) is 0 Å². The summed E-state index contributed by atoms with van der Waals surface area (Å²) < 4.78 is 37.7. The van der Waals surface area contributed by atoms with Crippen LogP contribution >= 0.6 is 15.9 Å². The largest absolute Gasteiger partial charge is 0.486 e. The van der Waals surface area contributed by atoms with Crippen molar-refractivity contribution in [2.24, 2.45) is 0 Å². The van der Waals surface area contributed by atoms with E-state index in [1.54, 1.807) is 6.07 Å². The predicted octanol–water partition coefficient (Wildman–Crippen LogP) is 3.73. The summed E-state index contributed by atoms with van der Waals surface area (Å²) in [6, 6.07) is 5.82. The molecule has 0 aromatic heterocycles. The van der Waals surface area contributed by atoms with Gasteiger partial charge in [-0.1, -0.05) is 0 Å². The number of ether oxygens (including phenoxy) is 2. The number of fused-ring (bicyclic) bond motifs is 1. The Labute approximate surface area is 127 Å². The highest BCUT2D eigenvalue weighted by molar-refractivity contribution is 9.10. The summed E-state index contributed by atoms with van der Waals surface area (Å²) in [5, 5.41) is 0. The molecule has 1 aliphatic rings. The highest BCUT2D eigenvalue weighted by atomic mass is 79.9. The zero-order valence-corrected chi connectivity index (χ0v) is 12.2. The van der Waals surface area contributed by atoms with E-state index in [4.69, 9.17) is 9.47 Å². The topological polar surface area (TPSA) is 35.5 Å². The maximum absolute atomic E-state index is 13.2. The van der Waals surface area contributed by atoms with Gasteiger partial charge in [0, 0.05) is 21.7 Å². The van der Waals surface area contributed by atoms with Crippen LogP contribution in [0.3, 0.4) is 0 Å². The zero-order valence-electron chi connectivity index (χ0n) is 10.7. The summed E-state index contributed by atoms with van der Waals surface area (Å²) in [5.41, 5.74) is 0.189. The number of ketones is 1. The number of carbonyl (C=O) groups is 1. The van der Waals surface area contributed by atoms with Crippen molar-refractivity contribution in [3.05, 3.63) is 57.6 Å². The maximum atomic E-state index is 13.2. The van der Waals surface area contributed by atoms with E-state index in [0.717, 1.165) is 18.2 Å². The average Bonchev–Trinajstić information content (AvgIpc) is 2.44. The van der Waals surface area contributed by atoms with Crippen LogP contribution in [0.25, 0.3) is 0 Å². The second-order valence-electron chi connectivity index (χ2n) is 4.46. The Morgan fingerprint density at radius 3 is 2.14 bits per heavy atom. The van der Waals surface area contributed by atoms with Gasteiger partial charge in [0.25, 0.3) is 0 Å². The third-order valence-corrected chi connectivity index (χ3v) is 3.66. The Bertz CT molecular complexity index is 711. The lowest BCUT2D eigenvalue weighted by molar-refractivity contribution is 0.103. The maximum Gasteiger partial charge on any atom is 0.194 e. The van der Waals surface area contributed by atoms with Gasteiger partial charge in [0.05, 0.1) is 0 Å². The van der Waals surface area contributed by atoms with Crippen molar-refractivity contribution in [1.82, 2.24) is 0 Å². The molecule has 3 nitrogen and oxygen atoms in total. The van der Waals surface area contributed by atoms with Crippen molar-refractivity contribution in [3.63, 3.8) is 0 Å². The molecule has 3 rings (SSSR count). The number of hydrogen-bond donors (Lipinski definition) is 0. The van der Waals surface area contributed by atoms with Crippen LogP contribution in [0, 0.1) is 11.6 Å². The van der Waals surface area contributed by atoms with E-state index in [0.29, 0.717) is 29.2 Å². The normalized spacial score (nSPS) is 13.1. The summed E-state index contributed by atoms with van der Waals surface area (Å²) in [5.74, 6) is -1.14. The Morgan fingerprint density at radius 2 is 1.52 bits per heavy atom. The highest BCUT2D eigenvalue weighted by Gasteiger charge is 2.20. The van der Waals surface area contributed by atoms with Crippen molar-refractivity contribution >= 4 is 21.7 Å². The fourth-order valence-electron chi connectivity index (χ4n) is 2.08. The van der Waals surface area contributed by atoms with E-state index in [1.165, 1.54) is 6.07 Å². The molecule has 21 heavy (non-hydrogen) atoms. The van der Waals surface area contributed by atoms with E-state index < -0.39 is 17.4 Å². The standard InChI is InChI=1S/C15H9BrF2O3/c16-12-7-14-13(20-1-2-21-14)6-11(12)15(19)8-3-9(17)5-10(18)4-8/h3-7H,1-2H2. The van der Waals surface area contributed by atoms with Crippen molar-refractivity contribution in [1.29, 1.82) is 0 Å². The monoisotopic (exact) mass is 354 g/mol. The van der Waals surface area contributed by atoms with Gasteiger partial charge in [0.15, 0.2) is 17.3 Å². The summed E-state index contributed by atoms with van der Waals surface area (Å²) in [6.45, 7) is 0.818. The van der Waals surface area contributed by atoms with E-state index in [2.05, 4.69) is 15.9 Å². The van der Waals surface area contributed by atoms with Crippen LogP contribution in [-0.2, 0) is 0 Å². The minimum absolute atomic E-state index is 0.0649. The SMILES string of the molecule is O=C(c1cc(F)cc(F)c1)c1cc2c(cc1Br)OCCO2. The second-order valence-corrected chi connectivity index (χ2v) is 5.32. The number of benzene rings is 2. The molecule has 1 heterocycles. The van der Waals surface area contributed by atoms with Gasteiger partial charge in [-0.3, -0.25) is 4.79 Å². The first-order valence-electron chi connectivity index (χ1n) is 6.14. The lowest BCUT2D eigenvalue weighted by atomic mass is 10.0. The fraction of sp³-hybridized carbons (Fsp3) is 0.133. The first kappa shape index (κ1) is 14.0. The minimum atomic E-state index is -0.799. The molecule has 0 saturated carbocycles. The van der Waals surface area contributed by atoms with Gasteiger partial charge in [-0.25, -0.2) is 8.78 Å². The molecular weight excluding hydrogens is 346 g/mol. The van der Waals surface area contributed by atoms with Crippen LogP contribution in [0.15, 0.2) is 34.8 Å². The number of halogens is 3. The molecule has 108 valence electrons. The third kappa shape index (κ3) is 2.76. The minimum Gasteiger partial charge on any atom is -0.486 e. The summed E-state index contributed by atoms with van der Waals surface area (Å²) in [4.78, 5) is 12.4. The molecule has 0 bridgehead atoms. The lowest BCUT2D eigenvalue weighted by Crippen LogP contribution is -2.16. The highest BCUT2D eigenvalue weighted by Crippen LogP contribution is 2.36. The van der Waals surface area contributed by atoms with Crippen LogP contribution in [0.1, 0.15) is 15.9 Å². The van der Waals surface area contributed by atoms with Gasteiger partial charge >= 0.3 is 0 Å². The average molecular weight is 355 g/mol. The Balaban J connectivity index is 2.05. The summed E-state index contributed by atoms with van der Waals surface area (Å²) in [7, 11) is 0. The van der Waals surface area contributed by atoms with E-state index in [-0.39, 0.29) is 11.1 Å². The van der Waals surface area contributed by atoms with Crippen LogP contribution in [0.4, 0.5) is 8.78 Å². The third-order valence-electron chi connectivity index (χ3n) is 3.00. The van der Waals surface area contributed by atoms with Gasteiger partial charge in [-0.05, 0) is 40.2 Å². The molecule has 0 fully saturated rings. The molecule has 0 atom stereocenters. The molecule has 0 amide bonds. The Kier molecular flexibility index (Phi) is 3.63. The van der Waals surface area contributed by atoms with E-state index in [9.17, 15) is 13.6 Å². The number of carbonyl (C=O) groups excluding carboxylic acids is 1. The Hall–Kier alpha value is -1.95. The van der Waals surface area contributed by atoms with Crippen LogP contribution in [0.5, 0.6) is 11.5 Å². The number of rotatable bonds is 2. The van der Waals surface area contributed by atoms with Crippen molar-refractivity contribution < 1.29 is 23.0 Å². The number of hydrogen-bond acceptors (Lipinski definition) is 3. The first-order chi connectivity index (χ1) is 10.0. The predicted molar refractivity (Wildman–Crippen MR) is 74.9 cm³/mol. The van der Waals surface area contributed by atoms with Crippen LogP contribution < -0.4 is 9.47 Å². The van der Waals surface area contributed by atoms with Gasteiger partial charge in [0.2, 0.25) is 0 Å². The fourth-order valence-corrected chi connectivity index (χ4v) is 2.58. The smallest absolute Gasteiger partial charge is 0.194 e. The molecule has 0 saturated heterocycles. The van der Waals surface area contributed by atoms with Crippen LogP contribution in [0.2, 0.25) is 0 Å². The molecule has 1 aliphatic heterocycles. The second kappa shape index (κ2) is 5.44. The molecule has 0 spiro atoms. The molecule has 2 aromatic rings. The van der Waals surface area contributed by atoms with Crippen LogP contribution in [-0.4, -0.2) is 19.0 Å². The quantitative estimate of drug-likeness (QED) is 0.771. The van der Waals surface area contributed by atoms with Gasteiger partial charge in [0.1, 0.15) is 24.8 Å². The summed E-state index contributed by atoms with van der Waals surface area (Å²) in [6.07, 6.45) is 0. The summed E-state index contributed by atoms with van der Waals surface area (Å²) >= 11 is 3.27. The van der Waals surface area contributed by atoms with Crippen molar-refractivity contribution in [3.8, 4) is 11.5 Å². The van der Waals surface area contributed by atoms with Gasteiger partial charge < -0.3 is 9.47 Å². The first-order valence-corrected chi connectivity index (χ1v) is 6.94. The van der Waals surface area contributed by atoms with Crippen molar-refractivity contribution in [2.75, 3.05) is 13.2 Å². The molecule has 0 aliphatic carbocycles. The molecule has 2 aromatic carbocycles. The molecule has 0 radical (unpaired) electrons. The van der Waals surface area contributed by atoms with Gasteiger partial charge in [-0.15, -0.1) is 0 Å². The lowest BCUT2D eigenvalue weighted by Gasteiger charge is -2.19. The molecular formula is C15H9BrF2O3. The zero-order chi connectivity index (χ0) is 15.0.